The van der Waals surface area contributed by atoms with Gasteiger partial charge in [0.05, 0.1) is 29.2 Å². The SMILES string of the molecule is CNc1ccc([C@@H](c2ccccc2Cl)c2oc3ccccc3c2NS(=O)(=O)c2ccc(C)cc2)cc1C(=O)OC. The number of benzene rings is 4. The molecule has 9 heteroatoms. The Morgan fingerprint density at radius 3 is 2.35 bits per heavy atom. The molecule has 0 spiro atoms. The Hall–Kier alpha value is -4.27. The summed E-state index contributed by atoms with van der Waals surface area (Å²) >= 11 is 6.72. The van der Waals surface area contributed by atoms with Gasteiger partial charge in [-0.25, -0.2) is 13.2 Å². The van der Waals surface area contributed by atoms with Gasteiger partial charge in [-0.05, 0) is 60.5 Å². The van der Waals surface area contributed by atoms with Crippen molar-refractivity contribution >= 4 is 49.9 Å². The number of carbonyl (C=O) groups is 1. The van der Waals surface area contributed by atoms with E-state index in [2.05, 4.69) is 10.0 Å². The molecule has 0 aliphatic heterocycles. The average molecular weight is 575 g/mol. The van der Waals surface area contributed by atoms with Crippen LogP contribution < -0.4 is 10.0 Å². The Labute approximate surface area is 237 Å². The largest absolute Gasteiger partial charge is 0.465 e. The topological polar surface area (TPSA) is 97.6 Å². The van der Waals surface area contributed by atoms with Crippen molar-refractivity contribution in [2.45, 2.75) is 17.7 Å². The number of fused-ring (bicyclic) bond motifs is 1. The molecule has 1 heterocycles. The van der Waals surface area contributed by atoms with Crippen molar-refractivity contribution in [1.82, 2.24) is 0 Å². The number of halogens is 1. The molecular weight excluding hydrogens is 548 g/mol. The third-order valence-electron chi connectivity index (χ3n) is 6.72. The first-order valence-corrected chi connectivity index (χ1v) is 14.3. The molecule has 0 saturated heterocycles. The van der Waals surface area contributed by atoms with Crippen molar-refractivity contribution in [3.05, 3.63) is 124 Å². The van der Waals surface area contributed by atoms with E-state index in [0.717, 1.165) is 5.56 Å². The minimum absolute atomic E-state index is 0.120. The lowest BCUT2D eigenvalue weighted by atomic mass is 9.87. The van der Waals surface area contributed by atoms with Crippen LogP contribution in [0.15, 0.2) is 100 Å². The fourth-order valence-electron chi connectivity index (χ4n) is 4.70. The molecule has 0 fully saturated rings. The van der Waals surface area contributed by atoms with Gasteiger partial charge in [0.1, 0.15) is 11.3 Å². The number of furan rings is 1. The molecule has 0 unspecified atom stereocenters. The molecule has 5 rings (SSSR count). The van der Waals surface area contributed by atoms with Crippen molar-refractivity contribution in [3.8, 4) is 0 Å². The van der Waals surface area contributed by atoms with E-state index < -0.39 is 21.9 Å². The summed E-state index contributed by atoms with van der Waals surface area (Å²) in [6.07, 6.45) is 0. The number of ether oxygens (including phenoxy) is 1. The third-order valence-corrected chi connectivity index (χ3v) is 8.43. The zero-order chi connectivity index (χ0) is 28.4. The number of carbonyl (C=O) groups excluding carboxylic acids is 1. The third kappa shape index (κ3) is 5.15. The number of para-hydroxylation sites is 1. The molecule has 7 nitrogen and oxygen atoms in total. The van der Waals surface area contributed by atoms with Crippen LogP contribution in [0.1, 0.15) is 38.7 Å². The Morgan fingerprint density at radius 1 is 0.950 bits per heavy atom. The lowest BCUT2D eigenvalue weighted by Crippen LogP contribution is -2.15. The fraction of sp³-hybridized carbons (Fsp3) is 0.129. The average Bonchev–Trinajstić information content (AvgIpc) is 3.31. The molecule has 0 aliphatic rings. The highest BCUT2D eigenvalue weighted by Gasteiger charge is 2.31. The second kappa shape index (κ2) is 11.1. The summed E-state index contributed by atoms with van der Waals surface area (Å²) in [6.45, 7) is 1.89. The second-order valence-electron chi connectivity index (χ2n) is 9.26. The van der Waals surface area contributed by atoms with E-state index in [1.54, 1.807) is 61.6 Å². The van der Waals surface area contributed by atoms with E-state index in [9.17, 15) is 13.2 Å². The zero-order valence-electron chi connectivity index (χ0n) is 22.1. The minimum Gasteiger partial charge on any atom is -0.465 e. The number of hydrogen-bond acceptors (Lipinski definition) is 6. The van der Waals surface area contributed by atoms with Gasteiger partial charge in [-0.1, -0.05) is 65.7 Å². The summed E-state index contributed by atoms with van der Waals surface area (Å²) in [4.78, 5) is 12.8. The molecule has 1 aromatic heterocycles. The van der Waals surface area contributed by atoms with Crippen LogP contribution in [0.5, 0.6) is 0 Å². The van der Waals surface area contributed by atoms with Crippen LogP contribution in [0.4, 0.5) is 11.4 Å². The van der Waals surface area contributed by atoms with E-state index >= 15 is 0 Å². The van der Waals surface area contributed by atoms with Crippen molar-refractivity contribution < 1.29 is 22.4 Å². The van der Waals surface area contributed by atoms with Crippen molar-refractivity contribution in [3.63, 3.8) is 0 Å². The van der Waals surface area contributed by atoms with E-state index in [1.807, 2.05) is 43.3 Å². The Morgan fingerprint density at radius 2 is 1.65 bits per heavy atom. The predicted octanol–water partition coefficient (Wildman–Crippen LogP) is 7.20. The summed E-state index contributed by atoms with van der Waals surface area (Å²) in [5.41, 5.74) is 3.96. The Bertz CT molecular complexity index is 1810. The first-order valence-electron chi connectivity index (χ1n) is 12.5. The Balaban J connectivity index is 1.77. The van der Waals surface area contributed by atoms with Gasteiger partial charge in [-0.3, -0.25) is 4.72 Å². The molecule has 2 N–H and O–H groups in total. The van der Waals surface area contributed by atoms with Gasteiger partial charge >= 0.3 is 5.97 Å². The van der Waals surface area contributed by atoms with E-state index in [0.29, 0.717) is 49.8 Å². The number of nitrogens with one attached hydrogen (secondary N) is 2. The van der Waals surface area contributed by atoms with E-state index in [-0.39, 0.29) is 4.90 Å². The van der Waals surface area contributed by atoms with E-state index in [4.69, 9.17) is 20.8 Å². The zero-order valence-corrected chi connectivity index (χ0v) is 23.6. The number of methoxy groups -OCH3 is 1. The lowest BCUT2D eigenvalue weighted by Gasteiger charge is -2.21. The number of esters is 1. The van der Waals surface area contributed by atoms with Gasteiger partial charge in [0.25, 0.3) is 10.0 Å². The number of rotatable bonds is 8. The Kier molecular flexibility index (Phi) is 7.56. The monoisotopic (exact) mass is 574 g/mol. The second-order valence-corrected chi connectivity index (χ2v) is 11.3. The quantitative estimate of drug-likeness (QED) is 0.190. The van der Waals surface area contributed by atoms with Crippen LogP contribution in [-0.2, 0) is 14.8 Å². The standard InChI is InChI=1S/C31H27ClN2O5S/c1-19-12-15-21(16-13-19)40(36,37)34-29-23-9-5-7-11-27(23)39-30(29)28(22-8-4-6-10-25(22)32)20-14-17-26(33-2)24(18-20)31(35)38-3/h4-18,28,33-34H,1-3H3/t28-/m0/s1. The fourth-order valence-corrected chi connectivity index (χ4v) is 6.04. The molecular formula is C31H27ClN2O5S. The minimum atomic E-state index is -3.99. The van der Waals surface area contributed by atoms with E-state index in [1.165, 1.54) is 7.11 Å². The summed E-state index contributed by atoms with van der Waals surface area (Å²) in [6, 6.07) is 26.4. The van der Waals surface area contributed by atoms with Gasteiger partial charge in [0, 0.05) is 23.1 Å². The molecule has 204 valence electrons. The number of hydrogen-bond donors (Lipinski definition) is 2. The number of aryl methyl sites for hydroxylation is 1. The first-order chi connectivity index (χ1) is 19.2. The van der Waals surface area contributed by atoms with Gasteiger partial charge in [0.15, 0.2) is 0 Å². The molecule has 0 bridgehead atoms. The van der Waals surface area contributed by atoms with Crippen LogP contribution in [0, 0.1) is 6.92 Å². The summed E-state index contributed by atoms with van der Waals surface area (Å²) in [7, 11) is -0.956. The van der Waals surface area contributed by atoms with Crippen molar-refractivity contribution in [2.24, 2.45) is 0 Å². The molecule has 5 aromatic rings. The highest BCUT2D eigenvalue weighted by Crippen LogP contribution is 2.45. The van der Waals surface area contributed by atoms with Crippen molar-refractivity contribution in [1.29, 1.82) is 0 Å². The maximum atomic E-state index is 13.6. The predicted molar refractivity (Wildman–Crippen MR) is 158 cm³/mol. The van der Waals surface area contributed by atoms with Crippen LogP contribution in [0.2, 0.25) is 5.02 Å². The van der Waals surface area contributed by atoms with Crippen LogP contribution in [0.3, 0.4) is 0 Å². The molecule has 1 atom stereocenters. The number of sulfonamides is 1. The lowest BCUT2D eigenvalue weighted by molar-refractivity contribution is 0.0601. The molecule has 0 radical (unpaired) electrons. The van der Waals surface area contributed by atoms with Crippen molar-refractivity contribution in [2.75, 3.05) is 24.2 Å². The number of anilines is 2. The van der Waals surface area contributed by atoms with Gasteiger partial charge in [-0.15, -0.1) is 0 Å². The smallest absolute Gasteiger partial charge is 0.339 e. The molecule has 40 heavy (non-hydrogen) atoms. The van der Waals surface area contributed by atoms with Crippen LogP contribution >= 0.6 is 11.6 Å². The summed E-state index contributed by atoms with van der Waals surface area (Å²) in [5.74, 6) is -0.863. The highest BCUT2D eigenvalue weighted by atomic mass is 35.5. The van der Waals surface area contributed by atoms with Gasteiger partial charge in [0.2, 0.25) is 0 Å². The highest BCUT2D eigenvalue weighted by molar-refractivity contribution is 7.92. The molecule has 0 amide bonds. The van der Waals surface area contributed by atoms with Crippen LogP contribution in [0.25, 0.3) is 11.0 Å². The first kappa shape index (κ1) is 27.3. The maximum Gasteiger partial charge on any atom is 0.339 e. The maximum absolute atomic E-state index is 13.6. The van der Waals surface area contributed by atoms with Gasteiger partial charge in [-0.2, -0.15) is 0 Å². The summed E-state index contributed by atoms with van der Waals surface area (Å²) in [5, 5.41) is 4.06. The van der Waals surface area contributed by atoms with Gasteiger partial charge < -0.3 is 14.5 Å². The molecule has 4 aromatic carbocycles. The normalized spacial score (nSPS) is 12.2. The molecule has 0 aliphatic carbocycles. The van der Waals surface area contributed by atoms with Crippen LogP contribution in [-0.4, -0.2) is 28.5 Å². The molecule has 0 saturated carbocycles. The summed E-state index contributed by atoms with van der Waals surface area (Å²) < 4.78 is 41.4.